The highest BCUT2D eigenvalue weighted by molar-refractivity contribution is 5.82. The molecule has 1 heterocycles. The van der Waals surface area contributed by atoms with Crippen LogP contribution in [-0.2, 0) is 11.2 Å². The number of nitrogens with zero attached hydrogens (tertiary/aromatic N) is 1. The summed E-state index contributed by atoms with van der Waals surface area (Å²) < 4.78 is 5.61. The van der Waals surface area contributed by atoms with Crippen molar-refractivity contribution in [1.82, 2.24) is 5.32 Å². The molecular weight excluding hydrogens is 288 g/mol. The number of ether oxygens (including phenoxy) is 1. The number of benzene rings is 2. The van der Waals surface area contributed by atoms with E-state index in [1.54, 1.807) is 0 Å². The number of fused-ring (bicyclic) bond motifs is 1. The number of hydrogen-bond acceptors (Lipinski definition) is 3. The summed E-state index contributed by atoms with van der Waals surface area (Å²) in [6, 6.07) is 18.2. The van der Waals surface area contributed by atoms with Gasteiger partial charge in [0, 0.05) is 6.54 Å². The van der Waals surface area contributed by atoms with Crippen LogP contribution in [0.25, 0.3) is 0 Å². The molecule has 4 nitrogen and oxygen atoms in total. The van der Waals surface area contributed by atoms with E-state index in [1.807, 2.05) is 42.5 Å². The van der Waals surface area contributed by atoms with Gasteiger partial charge in [-0.1, -0.05) is 42.5 Å². The molecule has 0 atom stereocenters. The number of hydrogen-bond donors (Lipinski definition) is 1. The summed E-state index contributed by atoms with van der Waals surface area (Å²) in [7, 11) is 0. The van der Waals surface area contributed by atoms with Crippen LogP contribution in [0.3, 0.4) is 0 Å². The maximum Gasteiger partial charge on any atom is 0.239 e. The molecule has 2 aromatic rings. The highest BCUT2D eigenvalue weighted by atomic mass is 16.5. The second-order valence-corrected chi connectivity index (χ2v) is 5.68. The zero-order valence-electron chi connectivity index (χ0n) is 13.2. The molecule has 0 aliphatic carbocycles. The molecule has 0 radical (unpaired) electrons. The van der Waals surface area contributed by atoms with E-state index in [9.17, 15) is 4.79 Å². The van der Waals surface area contributed by atoms with E-state index in [2.05, 4.69) is 22.3 Å². The molecule has 1 aliphatic heterocycles. The van der Waals surface area contributed by atoms with Crippen LogP contribution in [0.5, 0.6) is 5.75 Å². The van der Waals surface area contributed by atoms with Gasteiger partial charge >= 0.3 is 0 Å². The van der Waals surface area contributed by atoms with Crippen molar-refractivity contribution in [1.29, 1.82) is 0 Å². The minimum atomic E-state index is 0.0646. The molecule has 0 unspecified atom stereocenters. The van der Waals surface area contributed by atoms with Crippen molar-refractivity contribution in [3.05, 3.63) is 60.2 Å². The van der Waals surface area contributed by atoms with Crippen LogP contribution in [0.1, 0.15) is 12.0 Å². The monoisotopic (exact) mass is 310 g/mol. The van der Waals surface area contributed by atoms with Gasteiger partial charge in [0.15, 0.2) is 0 Å². The van der Waals surface area contributed by atoms with Crippen molar-refractivity contribution in [3.8, 4) is 5.75 Å². The molecule has 4 heteroatoms. The van der Waals surface area contributed by atoms with Crippen LogP contribution in [-0.4, -0.2) is 32.1 Å². The van der Waals surface area contributed by atoms with Gasteiger partial charge in [0.1, 0.15) is 12.4 Å². The van der Waals surface area contributed by atoms with E-state index < -0.39 is 0 Å². The Bertz CT molecular complexity index is 643. The number of aryl methyl sites for hydroxylation is 1. The second-order valence-electron chi connectivity index (χ2n) is 5.68. The number of carbonyl (C=O) groups is 1. The van der Waals surface area contributed by atoms with Crippen molar-refractivity contribution in [2.24, 2.45) is 0 Å². The Balaban J connectivity index is 1.43. The lowest BCUT2D eigenvalue weighted by Gasteiger charge is -2.30. The van der Waals surface area contributed by atoms with Gasteiger partial charge in [-0.25, -0.2) is 0 Å². The first kappa shape index (κ1) is 15.4. The van der Waals surface area contributed by atoms with Crippen LogP contribution in [0.4, 0.5) is 5.69 Å². The maximum atomic E-state index is 12.1. The van der Waals surface area contributed by atoms with Crippen LogP contribution in [0.2, 0.25) is 0 Å². The molecule has 1 N–H and O–H groups in total. The number of nitrogens with one attached hydrogen (secondary N) is 1. The smallest absolute Gasteiger partial charge is 0.239 e. The summed E-state index contributed by atoms with van der Waals surface area (Å²) in [6.45, 7) is 2.46. The summed E-state index contributed by atoms with van der Waals surface area (Å²) in [5.74, 6) is 0.922. The highest BCUT2D eigenvalue weighted by Crippen LogP contribution is 2.30. The van der Waals surface area contributed by atoms with Crippen LogP contribution in [0.15, 0.2) is 54.6 Å². The summed E-state index contributed by atoms with van der Waals surface area (Å²) in [6.07, 6.45) is 1.94. The lowest BCUT2D eigenvalue weighted by molar-refractivity contribution is -0.119. The van der Waals surface area contributed by atoms with Gasteiger partial charge in [0.05, 0.1) is 18.8 Å². The van der Waals surface area contributed by atoms with Crippen LogP contribution >= 0.6 is 0 Å². The topological polar surface area (TPSA) is 41.6 Å². The summed E-state index contributed by atoms with van der Waals surface area (Å²) in [5.41, 5.74) is 2.31. The Kier molecular flexibility index (Phi) is 5.14. The van der Waals surface area contributed by atoms with E-state index >= 15 is 0 Å². The first-order chi connectivity index (χ1) is 11.3. The first-order valence-electron chi connectivity index (χ1n) is 8.10. The third-order valence-corrected chi connectivity index (χ3v) is 3.97. The maximum absolute atomic E-state index is 12.1. The predicted octanol–water partition coefficient (Wildman–Crippen LogP) is 2.63. The van der Waals surface area contributed by atoms with Crippen molar-refractivity contribution < 1.29 is 9.53 Å². The van der Waals surface area contributed by atoms with Gasteiger partial charge in [-0.15, -0.1) is 0 Å². The molecule has 1 amide bonds. The fraction of sp³-hybridized carbons (Fsp3) is 0.316. The molecule has 2 aromatic carbocycles. The number of carbonyl (C=O) groups excluding carboxylic acids is 1. The molecule has 3 rings (SSSR count). The SMILES string of the molecule is O=C(CN1CCOc2ccccc21)NCCCc1ccccc1. The van der Waals surface area contributed by atoms with Gasteiger partial charge in [0.2, 0.25) is 5.91 Å². The molecule has 0 spiro atoms. The molecule has 1 aliphatic rings. The number of amides is 1. The van der Waals surface area contributed by atoms with Gasteiger partial charge in [-0.2, -0.15) is 0 Å². The number of anilines is 1. The normalized spacial score (nSPS) is 13.1. The fourth-order valence-electron chi connectivity index (χ4n) is 2.79. The third-order valence-electron chi connectivity index (χ3n) is 3.97. The molecule has 0 saturated heterocycles. The van der Waals surface area contributed by atoms with E-state index in [0.717, 1.165) is 30.8 Å². The molecule has 0 saturated carbocycles. The fourth-order valence-corrected chi connectivity index (χ4v) is 2.79. The number of para-hydroxylation sites is 2. The van der Waals surface area contributed by atoms with Gasteiger partial charge in [0.25, 0.3) is 0 Å². The molecule has 120 valence electrons. The van der Waals surface area contributed by atoms with E-state index in [-0.39, 0.29) is 5.91 Å². The predicted molar refractivity (Wildman–Crippen MR) is 91.9 cm³/mol. The summed E-state index contributed by atoms with van der Waals surface area (Å²) >= 11 is 0. The van der Waals surface area contributed by atoms with E-state index in [4.69, 9.17) is 4.74 Å². The zero-order valence-corrected chi connectivity index (χ0v) is 13.2. The second kappa shape index (κ2) is 7.68. The average Bonchev–Trinajstić information content (AvgIpc) is 2.60. The summed E-state index contributed by atoms with van der Waals surface area (Å²) in [4.78, 5) is 14.2. The van der Waals surface area contributed by atoms with E-state index in [1.165, 1.54) is 5.56 Å². The Morgan fingerprint density at radius 3 is 2.74 bits per heavy atom. The molecule has 23 heavy (non-hydrogen) atoms. The minimum Gasteiger partial charge on any atom is -0.490 e. The average molecular weight is 310 g/mol. The lowest BCUT2D eigenvalue weighted by Crippen LogP contribution is -2.41. The van der Waals surface area contributed by atoms with Gasteiger partial charge in [-0.05, 0) is 30.5 Å². The van der Waals surface area contributed by atoms with E-state index in [0.29, 0.717) is 19.7 Å². The largest absolute Gasteiger partial charge is 0.490 e. The molecule has 0 fully saturated rings. The zero-order chi connectivity index (χ0) is 15.9. The number of rotatable bonds is 6. The van der Waals surface area contributed by atoms with Crippen LogP contribution in [0, 0.1) is 0 Å². The molecule has 0 aromatic heterocycles. The molecular formula is C19H22N2O2. The Morgan fingerprint density at radius 1 is 1.09 bits per heavy atom. The molecule has 0 bridgehead atoms. The Labute approximate surface area is 137 Å². The standard InChI is InChI=1S/C19H22N2O2/c22-19(20-12-6-9-16-7-2-1-3-8-16)15-21-13-14-23-18-11-5-4-10-17(18)21/h1-5,7-8,10-11H,6,9,12-15H2,(H,20,22). The van der Waals surface area contributed by atoms with Gasteiger partial charge in [-0.3, -0.25) is 4.79 Å². The Hall–Kier alpha value is -2.49. The van der Waals surface area contributed by atoms with Crippen molar-refractivity contribution in [2.75, 3.05) is 31.1 Å². The van der Waals surface area contributed by atoms with Crippen molar-refractivity contribution in [2.45, 2.75) is 12.8 Å². The Morgan fingerprint density at radius 2 is 1.87 bits per heavy atom. The third kappa shape index (κ3) is 4.25. The van der Waals surface area contributed by atoms with Crippen molar-refractivity contribution in [3.63, 3.8) is 0 Å². The van der Waals surface area contributed by atoms with Gasteiger partial charge < -0.3 is 15.0 Å². The first-order valence-corrected chi connectivity index (χ1v) is 8.10. The minimum absolute atomic E-state index is 0.0646. The summed E-state index contributed by atoms with van der Waals surface area (Å²) in [5, 5.41) is 3.01. The van der Waals surface area contributed by atoms with Crippen molar-refractivity contribution >= 4 is 11.6 Å². The quantitative estimate of drug-likeness (QED) is 0.834. The van der Waals surface area contributed by atoms with Crippen LogP contribution < -0.4 is 15.0 Å². The lowest BCUT2D eigenvalue weighted by atomic mass is 10.1. The highest BCUT2D eigenvalue weighted by Gasteiger charge is 2.19.